The Morgan fingerprint density at radius 1 is 1.38 bits per heavy atom. The second kappa shape index (κ2) is 5.78. The predicted molar refractivity (Wildman–Crippen MR) is 82.9 cm³/mol. The predicted octanol–water partition coefficient (Wildman–Crippen LogP) is 3.86. The molecule has 0 spiro atoms. The zero-order chi connectivity index (χ0) is 15.0. The monoisotopic (exact) mass is 307 g/mol. The molecule has 1 saturated heterocycles. The van der Waals surface area contributed by atoms with Crippen molar-refractivity contribution in [2.24, 2.45) is 5.92 Å². The van der Waals surface area contributed by atoms with E-state index < -0.39 is 0 Å². The number of imidazole rings is 1. The van der Waals surface area contributed by atoms with E-state index in [1.807, 2.05) is 6.20 Å². The van der Waals surface area contributed by atoms with Crippen molar-refractivity contribution in [3.63, 3.8) is 0 Å². The second-order valence-corrected chi connectivity index (χ2v) is 6.29. The van der Waals surface area contributed by atoms with E-state index in [2.05, 4.69) is 28.4 Å². The fourth-order valence-electron chi connectivity index (χ4n) is 3.22. The molecule has 0 saturated carbocycles. The summed E-state index contributed by atoms with van der Waals surface area (Å²) in [6.45, 7) is 4.40. The van der Waals surface area contributed by atoms with Crippen molar-refractivity contribution in [3.8, 4) is 11.4 Å². The van der Waals surface area contributed by atoms with Crippen molar-refractivity contribution >= 4 is 11.6 Å². The lowest BCUT2D eigenvalue weighted by atomic mass is 9.93. The van der Waals surface area contributed by atoms with Gasteiger partial charge < -0.3 is 9.47 Å². The molecule has 0 radical (unpaired) electrons. The number of hydrogen-bond donors (Lipinski definition) is 0. The Labute approximate surface area is 129 Å². The van der Waals surface area contributed by atoms with Gasteiger partial charge in [-0.2, -0.15) is 0 Å². The smallest absolute Gasteiger partial charge is 0.141 e. The molecule has 0 unspecified atom stereocenters. The highest BCUT2D eigenvalue weighted by molar-refractivity contribution is 6.33. The van der Waals surface area contributed by atoms with Gasteiger partial charge in [-0.15, -0.1) is 0 Å². The maximum atomic E-state index is 13.2. The molecule has 2 aromatic rings. The van der Waals surface area contributed by atoms with Gasteiger partial charge in [0.15, 0.2) is 0 Å². The first kappa shape index (κ1) is 14.5. The molecule has 2 heterocycles. The third-order valence-electron chi connectivity index (χ3n) is 4.26. The zero-order valence-corrected chi connectivity index (χ0v) is 13.0. The number of likely N-dealkylation sites (tertiary alicyclic amines) is 1. The Hall–Kier alpha value is -1.39. The Bertz CT molecular complexity index is 640. The van der Waals surface area contributed by atoms with E-state index in [0.717, 1.165) is 30.9 Å². The van der Waals surface area contributed by atoms with E-state index in [-0.39, 0.29) is 5.82 Å². The second-order valence-electron chi connectivity index (χ2n) is 5.88. The molecule has 1 aliphatic heterocycles. The quantitative estimate of drug-likeness (QED) is 0.840. The first-order valence-corrected chi connectivity index (χ1v) is 7.61. The highest BCUT2D eigenvalue weighted by Crippen LogP contribution is 2.34. The van der Waals surface area contributed by atoms with Crippen LogP contribution in [0.2, 0.25) is 5.02 Å². The van der Waals surface area contributed by atoms with Crippen LogP contribution in [-0.4, -0.2) is 34.6 Å². The summed E-state index contributed by atoms with van der Waals surface area (Å²) in [7, 11) is 2.15. The van der Waals surface area contributed by atoms with Crippen molar-refractivity contribution in [2.75, 3.05) is 20.1 Å². The topological polar surface area (TPSA) is 21.1 Å². The fraction of sp³-hybridized carbons (Fsp3) is 0.438. The van der Waals surface area contributed by atoms with Crippen LogP contribution >= 0.6 is 11.6 Å². The van der Waals surface area contributed by atoms with Crippen molar-refractivity contribution in [1.82, 2.24) is 14.5 Å². The Morgan fingerprint density at radius 3 is 2.90 bits per heavy atom. The van der Waals surface area contributed by atoms with Crippen LogP contribution < -0.4 is 0 Å². The summed E-state index contributed by atoms with van der Waals surface area (Å²) in [5.74, 6) is 1.03. The van der Waals surface area contributed by atoms with Crippen LogP contribution in [0.3, 0.4) is 0 Å². The van der Waals surface area contributed by atoms with Crippen LogP contribution in [0, 0.1) is 11.7 Å². The Balaban J connectivity index is 1.97. The van der Waals surface area contributed by atoms with Gasteiger partial charge in [-0.25, -0.2) is 9.37 Å². The van der Waals surface area contributed by atoms with Crippen molar-refractivity contribution in [3.05, 3.63) is 41.4 Å². The minimum absolute atomic E-state index is 0.325. The molecule has 112 valence electrons. The van der Waals surface area contributed by atoms with Gasteiger partial charge in [-0.05, 0) is 44.1 Å². The Kier molecular flexibility index (Phi) is 4.00. The molecule has 1 aromatic heterocycles. The molecule has 0 aliphatic carbocycles. The van der Waals surface area contributed by atoms with Crippen LogP contribution in [0.5, 0.6) is 0 Å². The minimum atomic E-state index is -0.325. The van der Waals surface area contributed by atoms with Gasteiger partial charge >= 0.3 is 0 Å². The molecule has 3 nitrogen and oxygen atoms in total. The molecule has 1 fully saturated rings. The molecule has 1 aromatic carbocycles. The van der Waals surface area contributed by atoms with E-state index in [4.69, 9.17) is 11.6 Å². The summed E-state index contributed by atoms with van der Waals surface area (Å²) in [4.78, 5) is 6.80. The van der Waals surface area contributed by atoms with E-state index in [1.54, 1.807) is 12.3 Å². The van der Waals surface area contributed by atoms with E-state index in [0.29, 0.717) is 17.0 Å². The molecule has 21 heavy (non-hydrogen) atoms. The van der Waals surface area contributed by atoms with Crippen LogP contribution in [0.1, 0.15) is 19.4 Å². The largest absolute Gasteiger partial charge is 0.328 e. The fourth-order valence-corrected chi connectivity index (χ4v) is 3.47. The van der Waals surface area contributed by atoms with Gasteiger partial charge in [0.25, 0.3) is 0 Å². The summed E-state index contributed by atoms with van der Waals surface area (Å²) >= 11 is 6.19. The number of benzene rings is 1. The summed E-state index contributed by atoms with van der Waals surface area (Å²) in [5.41, 5.74) is 0.786. The average Bonchev–Trinajstić information content (AvgIpc) is 2.87. The van der Waals surface area contributed by atoms with Crippen LogP contribution in [0.4, 0.5) is 4.39 Å². The van der Waals surface area contributed by atoms with Gasteiger partial charge in [-0.1, -0.05) is 18.5 Å². The van der Waals surface area contributed by atoms with E-state index in [1.165, 1.54) is 12.1 Å². The summed E-state index contributed by atoms with van der Waals surface area (Å²) < 4.78 is 15.4. The van der Waals surface area contributed by atoms with Crippen molar-refractivity contribution < 1.29 is 4.39 Å². The van der Waals surface area contributed by atoms with E-state index >= 15 is 0 Å². The van der Waals surface area contributed by atoms with Gasteiger partial charge in [0.05, 0.1) is 5.02 Å². The number of halogens is 2. The van der Waals surface area contributed by atoms with Crippen LogP contribution in [0.15, 0.2) is 30.6 Å². The third kappa shape index (κ3) is 2.83. The molecular weight excluding hydrogens is 289 g/mol. The van der Waals surface area contributed by atoms with Crippen LogP contribution in [-0.2, 0) is 0 Å². The lowest BCUT2D eigenvalue weighted by Crippen LogP contribution is -2.37. The third-order valence-corrected chi connectivity index (χ3v) is 4.57. The molecule has 0 N–H and O–H groups in total. The van der Waals surface area contributed by atoms with Gasteiger partial charge in [-0.3, -0.25) is 0 Å². The maximum absolute atomic E-state index is 13.2. The van der Waals surface area contributed by atoms with Gasteiger partial charge in [0, 0.05) is 30.5 Å². The maximum Gasteiger partial charge on any atom is 0.141 e. The standard InChI is InChI=1S/C16H19ClFN3/c1-11-10-20(2)7-5-15(11)21-8-6-19-16(21)13-4-3-12(18)9-14(13)17/h3-4,6,8-9,11,15H,5,7,10H2,1-2H3/t11-,15-/m0/s1. The lowest BCUT2D eigenvalue weighted by molar-refractivity contribution is 0.160. The molecule has 0 bridgehead atoms. The lowest BCUT2D eigenvalue weighted by Gasteiger charge is -2.36. The molecule has 5 heteroatoms. The SMILES string of the molecule is C[C@H]1CN(C)CC[C@@H]1n1ccnc1-c1ccc(F)cc1Cl. The normalized spacial score (nSPS) is 23.4. The average molecular weight is 308 g/mol. The van der Waals surface area contributed by atoms with Gasteiger partial charge in [0.1, 0.15) is 11.6 Å². The summed E-state index contributed by atoms with van der Waals surface area (Å²) in [6, 6.07) is 4.88. The van der Waals surface area contributed by atoms with Crippen molar-refractivity contribution in [1.29, 1.82) is 0 Å². The molecule has 3 rings (SSSR count). The van der Waals surface area contributed by atoms with Gasteiger partial charge in [0.2, 0.25) is 0 Å². The highest BCUT2D eigenvalue weighted by atomic mass is 35.5. The summed E-state index contributed by atoms with van der Waals surface area (Å²) in [6.07, 6.45) is 4.88. The molecular formula is C16H19ClFN3. The number of rotatable bonds is 2. The Morgan fingerprint density at radius 2 is 2.19 bits per heavy atom. The highest BCUT2D eigenvalue weighted by Gasteiger charge is 2.27. The molecule has 2 atom stereocenters. The first-order valence-electron chi connectivity index (χ1n) is 7.23. The number of aromatic nitrogens is 2. The number of nitrogens with zero attached hydrogens (tertiary/aromatic N) is 3. The zero-order valence-electron chi connectivity index (χ0n) is 12.3. The first-order chi connectivity index (χ1) is 10.1. The van der Waals surface area contributed by atoms with Crippen molar-refractivity contribution in [2.45, 2.75) is 19.4 Å². The van der Waals surface area contributed by atoms with Crippen LogP contribution in [0.25, 0.3) is 11.4 Å². The summed E-state index contributed by atoms with van der Waals surface area (Å²) in [5, 5.41) is 0.406. The minimum Gasteiger partial charge on any atom is -0.328 e. The van der Waals surface area contributed by atoms with E-state index in [9.17, 15) is 4.39 Å². The molecule has 0 amide bonds. The number of hydrogen-bond acceptors (Lipinski definition) is 2. The number of piperidine rings is 1. The molecule has 1 aliphatic rings.